The van der Waals surface area contributed by atoms with E-state index >= 15 is 0 Å². The van der Waals surface area contributed by atoms with Crippen LogP contribution in [0, 0.1) is 0 Å². The molecule has 0 aliphatic rings. The van der Waals surface area contributed by atoms with Crippen molar-refractivity contribution in [3.8, 4) is 0 Å². The van der Waals surface area contributed by atoms with Gasteiger partial charge in [0.05, 0.1) is 6.20 Å². The average Bonchev–Trinajstić information content (AvgIpc) is 2.82. The minimum Gasteiger partial charge on any atom is -0.478 e. The molecule has 20 heavy (non-hydrogen) atoms. The molecule has 2 aromatic heterocycles. The van der Waals surface area contributed by atoms with Gasteiger partial charge in [0.1, 0.15) is 11.5 Å². The topological polar surface area (TPSA) is 97.1 Å². The lowest BCUT2D eigenvalue weighted by Gasteiger charge is -2.06. The fraction of sp³-hybridized carbons (Fsp3) is 0.0769. The normalized spacial score (nSPS) is 10.7. The van der Waals surface area contributed by atoms with Gasteiger partial charge in [-0.05, 0) is 12.1 Å². The number of carbonyl (C=O) groups excluding carboxylic acids is 1. The number of aryl methyl sites for hydroxylation is 1. The van der Waals surface area contributed by atoms with Crippen molar-refractivity contribution >= 4 is 23.8 Å². The van der Waals surface area contributed by atoms with E-state index in [1.807, 2.05) is 0 Å². The molecule has 0 atom stereocenters. The van der Waals surface area contributed by atoms with Crippen molar-refractivity contribution in [3.05, 3.63) is 47.9 Å². The highest BCUT2D eigenvalue weighted by atomic mass is 16.4. The molecular formula is C13H12N4O3. The molecule has 7 heteroatoms. The van der Waals surface area contributed by atoms with Crippen molar-refractivity contribution in [2.75, 3.05) is 5.32 Å². The molecule has 0 unspecified atom stereocenters. The number of nitrogens with zero attached hydrogens (tertiary/aromatic N) is 3. The molecular weight excluding hydrogens is 260 g/mol. The molecule has 0 saturated carbocycles. The average molecular weight is 272 g/mol. The van der Waals surface area contributed by atoms with Crippen molar-refractivity contribution in [3.63, 3.8) is 0 Å². The summed E-state index contributed by atoms with van der Waals surface area (Å²) in [5.74, 6) is -1.00. The van der Waals surface area contributed by atoms with E-state index in [2.05, 4.69) is 15.4 Å². The fourth-order valence-electron chi connectivity index (χ4n) is 1.58. The number of carbonyl (C=O) groups is 2. The molecule has 0 aromatic carbocycles. The Morgan fingerprint density at radius 1 is 1.35 bits per heavy atom. The van der Waals surface area contributed by atoms with E-state index in [1.54, 1.807) is 31.4 Å². The van der Waals surface area contributed by atoms with Crippen molar-refractivity contribution in [1.29, 1.82) is 0 Å². The SMILES string of the molecule is Cn1nccc1NC(=O)c1ncccc1/C=C/C(=O)O. The molecule has 0 radical (unpaired) electrons. The minimum absolute atomic E-state index is 0.145. The fourth-order valence-corrected chi connectivity index (χ4v) is 1.58. The number of pyridine rings is 1. The molecule has 0 aliphatic heterocycles. The number of rotatable bonds is 4. The van der Waals surface area contributed by atoms with Crippen LogP contribution < -0.4 is 5.32 Å². The monoisotopic (exact) mass is 272 g/mol. The van der Waals surface area contributed by atoms with Crippen LogP contribution in [0.3, 0.4) is 0 Å². The molecule has 0 aliphatic carbocycles. The lowest BCUT2D eigenvalue weighted by molar-refractivity contribution is -0.131. The number of nitrogens with one attached hydrogen (secondary N) is 1. The summed E-state index contributed by atoms with van der Waals surface area (Å²) < 4.78 is 1.51. The largest absolute Gasteiger partial charge is 0.478 e. The summed E-state index contributed by atoms with van der Waals surface area (Å²) in [7, 11) is 1.69. The number of carboxylic acid groups (broad SMARTS) is 1. The minimum atomic E-state index is -1.09. The third-order valence-corrected chi connectivity index (χ3v) is 2.52. The standard InChI is InChI=1S/C13H12N4O3/c1-17-10(6-8-15-17)16-13(20)12-9(3-2-7-14-12)4-5-11(18)19/h2-8H,1H3,(H,16,20)(H,18,19)/b5-4+. The van der Waals surface area contributed by atoms with Crippen molar-refractivity contribution in [1.82, 2.24) is 14.8 Å². The second-order valence-electron chi connectivity index (χ2n) is 3.91. The van der Waals surface area contributed by atoms with Crippen LogP contribution in [0.15, 0.2) is 36.7 Å². The Hall–Kier alpha value is -2.96. The van der Waals surface area contributed by atoms with Crippen LogP contribution in [0.5, 0.6) is 0 Å². The van der Waals surface area contributed by atoms with Gasteiger partial charge in [0.2, 0.25) is 0 Å². The zero-order valence-corrected chi connectivity index (χ0v) is 10.6. The number of aromatic nitrogens is 3. The third-order valence-electron chi connectivity index (χ3n) is 2.52. The van der Waals surface area contributed by atoms with Gasteiger partial charge in [0.15, 0.2) is 0 Å². The van der Waals surface area contributed by atoms with E-state index < -0.39 is 11.9 Å². The van der Waals surface area contributed by atoms with Gasteiger partial charge in [-0.25, -0.2) is 4.79 Å². The van der Waals surface area contributed by atoms with Crippen LogP contribution in [0.1, 0.15) is 16.1 Å². The van der Waals surface area contributed by atoms with Crippen LogP contribution >= 0.6 is 0 Å². The van der Waals surface area contributed by atoms with Crippen molar-refractivity contribution in [2.45, 2.75) is 0 Å². The van der Waals surface area contributed by atoms with Gasteiger partial charge in [-0.15, -0.1) is 0 Å². The van der Waals surface area contributed by atoms with E-state index in [1.165, 1.54) is 17.0 Å². The lowest BCUT2D eigenvalue weighted by atomic mass is 10.1. The number of hydrogen-bond donors (Lipinski definition) is 2. The van der Waals surface area contributed by atoms with E-state index in [9.17, 15) is 9.59 Å². The molecule has 0 saturated heterocycles. The van der Waals surface area contributed by atoms with Crippen LogP contribution in [-0.2, 0) is 11.8 Å². The number of carboxylic acids is 1. The first-order valence-electron chi connectivity index (χ1n) is 5.73. The van der Waals surface area contributed by atoms with Crippen molar-refractivity contribution < 1.29 is 14.7 Å². The molecule has 2 heterocycles. The Morgan fingerprint density at radius 3 is 2.80 bits per heavy atom. The Balaban J connectivity index is 2.26. The Morgan fingerprint density at radius 2 is 2.15 bits per heavy atom. The maximum absolute atomic E-state index is 12.1. The van der Waals surface area contributed by atoms with Crippen LogP contribution in [0.4, 0.5) is 5.82 Å². The molecule has 102 valence electrons. The van der Waals surface area contributed by atoms with E-state index in [0.29, 0.717) is 11.4 Å². The first-order valence-corrected chi connectivity index (χ1v) is 5.73. The zero-order valence-electron chi connectivity index (χ0n) is 10.6. The second kappa shape index (κ2) is 5.79. The van der Waals surface area contributed by atoms with Gasteiger partial charge < -0.3 is 10.4 Å². The van der Waals surface area contributed by atoms with E-state index in [4.69, 9.17) is 5.11 Å². The molecule has 2 aromatic rings. The third kappa shape index (κ3) is 3.08. The smallest absolute Gasteiger partial charge is 0.328 e. The molecule has 0 bridgehead atoms. The predicted octanol–water partition coefficient (Wildman–Crippen LogP) is 1.17. The molecule has 2 rings (SSSR count). The maximum Gasteiger partial charge on any atom is 0.328 e. The van der Waals surface area contributed by atoms with Gasteiger partial charge in [-0.2, -0.15) is 5.10 Å². The summed E-state index contributed by atoms with van der Waals surface area (Å²) in [6.45, 7) is 0. The Bertz CT molecular complexity index is 676. The molecule has 0 spiro atoms. The van der Waals surface area contributed by atoms with Crippen LogP contribution in [-0.4, -0.2) is 31.7 Å². The molecule has 0 fully saturated rings. The predicted molar refractivity (Wildman–Crippen MR) is 72.1 cm³/mol. The number of anilines is 1. The molecule has 1 amide bonds. The summed E-state index contributed by atoms with van der Waals surface area (Å²) >= 11 is 0. The van der Waals surface area contributed by atoms with Gasteiger partial charge in [-0.3, -0.25) is 14.5 Å². The number of hydrogen-bond acceptors (Lipinski definition) is 4. The van der Waals surface area contributed by atoms with Gasteiger partial charge in [0, 0.05) is 31.0 Å². The lowest BCUT2D eigenvalue weighted by Crippen LogP contribution is -2.17. The molecule has 2 N–H and O–H groups in total. The number of amides is 1. The van der Waals surface area contributed by atoms with Crippen LogP contribution in [0.25, 0.3) is 6.08 Å². The molecule has 7 nitrogen and oxygen atoms in total. The van der Waals surface area contributed by atoms with Gasteiger partial charge in [-0.1, -0.05) is 6.07 Å². The van der Waals surface area contributed by atoms with Gasteiger partial charge in [0.25, 0.3) is 5.91 Å². The summed E-state index contributed by atoms with van der Waals surface area (Å²) in [6.07, 6.45) is 5.31. The quantitative estimate of drug-likeness (QED) is 0.814. The first kappa shape index (κ1) is 13.5. The van der Waals surface area contributed by atoms with Crippen LogP contribution in [0.2, 0.25) is 0 Å². The second-order valence-corrected chi connectivity index (χ2v) is 3.91. The Kier molecular flexibility index (Phi) is 3.90. The highest BCUT2D eigenvalue weighted by molar-refractivity contribution is 6.05. The van der Waals surface area contributed by atoms with Gasteiger partial charge >= 0.3 is 5.97 Å². The summed E-state index contributed by atoms with van der Waals surface area (Å²) in [6, 6.07) is 4.89. The first-order chi connectivity index (χ1) is 9.58. The summed E-state index contributed by atoms with van der Waals surface area (Å²) in [5.41, 5.74) is 0.570. The summed E-state index contributed by atoms with van der Waals surface area (Å²) in [4.78, 5) is 26.6. The maximum atomic E-state index is 12.1. The van der Waals surface area contributed by atoms with E-state index in [-0.39, 0.29) is 5.69 Å². The van der Waals surface area contributed by atoms with Crippen molar-refractivity contribution in [2.24, 2.45) is 7.05 Å². The highest BCUT2D eigenvalue weighted by Crippen LogP contribution is 2.11. The van der Waals surface area contributed by atoms with E-state index in [0.717, 1.165) is 6.08 Å². The highest BCUT2D eigenvalue weighted by Gasteiger charge is 2.13. The Labute approximate surface area is 114 Å². The summed E-state index contributed by atoms with van der Waals surface area (Å²) in [5, 5.41) is 15.2. The number of aliphatic carboxylic acids is 1. The zero-order chi connectivity index (χ0) is 14.5.